The molecule has 3 rings (SSSR count). The molecule has 1 aliphatic heterocycles. The molecule has 2 atom stereocenters. The maximum Gasteiger partial charge on any atom is 0.253 e. The highest BCUT2D eigenvalue weighted by atomic mass is 16.2. The number of nitrogens with zero attached hydrogens (tertiary/aromatic N) is 2. The highest BCUT2D eigenvalue weighted by molar-refractivity contribution is 5.95. The minimum atomic E-state index is -0.228. The van der Waals surface area contributed by atoms with E-state index >= 15 is 0 Å². The van der Waals surface area contributed by atoms with Crippen LogP contribution in [0.3, 0.4) is 0 Å². The third-order valence-corrected chi connectivity index (χ3v) is 5.96. The molecule has 0 saturated carbocycles. The van der Waals surface area contributed by atoms with E-state index in [4.69, 9.17) is 5.41 Å². The summed E-state index contributed by atoms with van der Waals surface area (Å²) in [5.74, 6) is -0.0977. The van der Waals surface area contributed by atoms with E-state index in [0.29, 0.717) is 18.0 Å². The Morgan fingerprint density at radius 3 is 2.55 bits per heavy atom. The van der Waals surface area contributed by atoms with E-state index in [9.17, 15) is 9.59 Å². The lowest BCUT2D eigenvalue weighted by molar-refractivity contribution is -0.129. The summed E-state index contributed by atoms with van der Waals surface area (Å²) in [6.07, 6.45) is 8.39. The van der Waals surface area contributed by atoms with Gasteiger partial charge >= 0.3 is 0 Å². The molecule has 3 N–H and O–H groups in total. The number of amides is 2. The lowest BCUT2D eigenvalue weighted by atomic mass is 9.99. The predicted molar refractivity (Wildman–Crippen MR) is 133 cm³/mol. The minimum absolute atomic E-state index is 0.130. The van der Waals surface area contributed by atoms with Crippen molar-refractivity contribution < 1.29 is 9.59 Å². The first-order valence-corrected chi connectivity index (χ1v) is 11.6. The number of likely N-dealkylation sites (tertiary alicyclic amines) is 1. The first-order valence-electron chi connectivity index (χ1n) is 11.6. The molecule has 0 radical (unpaired) electrons. The molecule has 33 heavy (non-hydrogen) atoms. The quantitative estimate of drug-likeness (QED) is 0.533. The van der Waals surface area contributed by atoms with E-state index in [1.54, 1.807) is 13.1 Å². The number of pyridine rings is 1. The standard InChI is InChI=1S/C21H24N4O2.C5H13N/c1-15(26)25-10-2-3-20(25)18-6-4-16(5-7-18)11-17-12-19(14-23-13-17)21(27)24-9-8-22;1-4-5(2)6-3/h4-8,12-14,20,22H,2-3,9-11H2,1H3,(H,24,27);5-6H,4H2,1-3H3. The van der Waals surface area contributed by atoms with E-state index in [2.05, 4.69) is 53.7 Å². The Morgan fingerprint density at radius 2 is 1.97 bits per heavy atom. The first-order chi connectivity index (χ1) is 15.9. The first kappa shape index (κ1) is 26.2. The van der Waals surface area contributed by atoms with Crippen LogP contribution in [0.1, 0.15) is 73.1 Å². The zero-order valence-electron chi connectivity index (χ0n) is 20.2. The maximum atomic E-state index is 12.0. The van der Waals surface area contributed by atoms with Crippen LogP contribution in [0.15, 0.2) is 42.7 Å². The van der Waals surface area contributed by atoms with E-state index in [1.807, 2.05) is 18.0 Å². The number of carbonyl (C=O) groups is 2. The largest absolute Gasteiger partial charge is 0.347 e. The van der Waals surface area contributed by atoms with Crippen LogP contribution in [-0.2, 0) is 11.2 Å². The van der Waals surface area contributed by atoms with E-state index in [1.165, 1.54) is 18.2 Å². The average molecular weight is 452 g/mol. The van der Waals surface area contributed by atoms with Gasteiger partial charge in [-0.05, 0) is 62.4 Å². The highest BCUT2D eigenvalue weighted by Crippen LogP contribution is 2.32. The van der Waals surface area contributed by atoms with Crippen molar-refractivity contribution in [2.45, 2.75) is 58.5 Å². The Hall–Kier alpha value is -3.06. The number of rotatable bonds is 8. The van der Waals surface area contributed by atoms with Gasteiger partial charge in [-0.3, -0.25) is 14.6 Å². The average Bonchev–Trinajstić information content (AvgIpc) is 3.33. The summed E-state index contributed by atoms with van der Waals surface area (Å²) < 4.78 is 0. The lowest BCUT2D eigenvalue weighted by Crippen LogP contribution is -2.27. The zero-order valence-corrected chi connectivity index (χ0v) is 20.2. The molecule has 1 fully saturated rings. The molecule has 1 aromatic heterocycles. The molecule has 1 aliphatic rings. The highest BCUT2D eigenvalue weighted by Gasteiger charge is 2.27. The van der Waals surface area contributed by atoms with Gasteiger partial charge < -0.3 is 20.9 Å². The second-order valence-corrected chi connectivity index (χ2v) is 8.38. The van der Waals surface area contributed by atoms with Crippen molar-refractivity contribution in [3.8, 4) is 0 Å². The summed E-state index contributed by atoms with van der Waals surface area (Å²) in [7, 11) is 1.98. The summed E-state index contributed by atoms with van der Waals surface area (Å²) in [5.41, 5.74) is 3.75. The summed E-state index contributed by atoms with van der Waals surface area (Å²) in [4.78, 5) is 29.9. The Labute approximate surface area is 197 Å². The van der Waals surface area contributed by atoms with Crippen LogP contribution >= 0.6 is 0 Å². The molecule has 0 spiro atoms. The number of carbonyl (C=O) groups excluding carboxylic acids is 2. The zero-order chi connectivity index (χ0) is 24.2. The minimum Gasteiger partial charge on any atom is -0.347 e. The van der Waals surface area contributed by atoms with Gasteiger partial charge in [-0.15, -0.1) is 0 Å². The Kier molecular flexibility index (Phi) is 10.7. The third kappa shape index (κ3) is 8.09. The summed E-state index contributed by atoms with van der Waals surface area (Å²) >= 11 is 0. The number of nitrogens with one attached hydrogen (secondary N) is 3. The van der Waals surface area contributed by atoms with Gasteiger partial charge in [0.25, 0.3) is 5.91 Å². The topological polar surface area (TPSA) is 98.2 Å². The van der Waals surface area contributed by atoms with Gasteiger partial charge in [0.05, 0.1) is 18.2 Å². The van der Waals surface area contributed by atoms with Crippen LogP contribution in [0.2, 0.25) is 0 Å². The predicted octanol–water partition coefficient (Wildman–Crippen LogP) is 3.74. The summed E-state index contributed by atoms with van der Waals surface area (Å²) in [6, 6.07) is 11.0. The van der Waals surface area contributed by atoms with Gasteiger partial charge in [0.2, 0.25) is 5.91 Å². The van der Waals surface area contributed by atoms with Crippen LogP contribution in [-0.4, -0.2) is 54.1 Å². The maximum absolute atomic E-state index is 12.0. The van der Waals surface area contributed by atoms with Gasteiger partial charge in [0, 0.05) is 38.1 Å². The van der Waals surface area contributed by atoms with Crippen LogP contribution < -0.4 is 10.6 Å². The molecule has 0 aliphatic carbocycles. The lowest BCUT2D eigenvalue weighted by Gasteiger charge is -2.23. The van der Waals surface area contributed by atoms with Crippen molar-refractivity contribution >= 4 is 18.0 Å². The summed E-state index contributed by atoms with van der Waals surface area (Å²) in [6.45, 7) is 7.01. The second kappa shape index (κ2) is 13.5. The second-order valence-electron chi connectivity index (χ2n) is 8.38. The number of aromatic nitrogens is 1. The van der Waals surface area contributed by atoms with E-state index < -0.39 is 0 Å². The molecule has 7 heteroatoms. The van der Waals surface area contributed by atoms with Crippen LogP contribution in [0.25, 0.3) is 0 Å². The number of benzene rings is 1. The van der Waals surface area contributed by atoms with Crippen LogP contribution in [0, 0.1) is 5.41 Å². The molecule has 2 unspecified atom stereocenters. The molecule has 2 heterocycles. The van der Waals surface area contributed by atoms with Crippen molar-refractivity contribution in [2.24, 2.45) is 0 Å². The van der Waals surface area contributed by atoms with Crippen LogP contribution in [0.4, 0.5) is 0 Å². The van der Waals surface area contributed by atoms with Crippen molar-refractivity contribution in [2.75, 3.05) is 20.1 Å². The number of hydrogen-bond donors (Lipinski definition) is 3. The Bertz CT molecular complexity index is 909. The molecular weight excluding hydrogens is 414 g/mol. The van der Waals surface area contributed by atoms with Crippen molar-refractivity contribution in [3.05, 3.63) is 65.0 Å². The fourth-order valence-electron chi connectivity index (χ4n) is 3.74. The molecule has 1 aromatic carbocycles. The van der Waals surface area contributed by atoms with Crippen molar-refractivity contribution in [1.29, 1.82) is 5.41 Å². The fourth-order valence-corrected chi connectivity index (χ4v) is 3.74. The van der Waals surface area contributed by atoms with Gasteiger partial charge in [0.1, 0.15) is 0 Å². The molecule has 7 nitrogen and oxygen atoms in total. The van der Waals surface area contributed by atoms with E-state index in [0.717, 1.165) is 36.7 Å². The Balaban J connectivity index is 0.000000569. The van der Waals surface area contributed by atoms with Gasteiger partial charge in [-0.1, -0.05) is 31.2 Å². The number of hydrogen-bond acceptors (Lipinski definition) is 5. The molecular formula is C26H37N5O2. The van der Waals surface area contributed by atoms with Crippen molar-refractivity contribution in [3.63, 3.8) is 0 Å². The summed E-state index contributed by atoms with van der Waals surface area (Å²) in [5, 5.41) is 12.7. The van der Waals surface area contributed by atoms with Crippen LogP contribution in [0.5, 0.6) is 0 Å². The molecule has 2 amide bonds. The molecule has 0 bridgehead atoms. The normalized spacial score (nSPS) is 15.9. The monoisotopic (exact) mass is 451 g/mol. The smallest absolute Gasteiger partial charge is 0.253 e. The fraction of sp³-hybridized carbons (Fsp3) is 0.462. The Morgan fingerprint density at radius 1 is 1.24 bits per heavy atom. The van der Waals surface area contributed by atoms with E-state index in [-0.39, 0.29) is 24.4 Å². The SMILES string of the molecule is CC(=O)N1CCCC1c1ccc(Cc2cncc(C(=O)NCC=N)c2)cc1.CCC(C)NC. The molecule has 1 saturated heterocycles. The molecule has 2 aromatic rings. The van der Waals surface area contributed by atoms with Gasteiger partial charge in [0.15, 0.2) is 0 Å². The van der Waals surface area contributed by atoms with Crippen molar-refractivity contribution in [1.82, 2.24) is 20.5 Å². The van der Waals surface area contributed by atoms with Gasteiger partial charge in [-0.25, -0.2) is 0 Å². The molecule has 178 valence electrons. The third-order valence-electron chi connectivity index (χ3n) is 5.96. The van der Waals surface area contributed by atoms with Gasteiger partial charge in [-0.2, -0.15) is 0 Å².